The van der Waals surface area contributed by atoms with E-state index in [0.717, 1.165) is 37.5 Å². The number of carbonyl (C=O) groups is 1. The largest absolute Gasteiger partial charge is 0.370 e. The minimum absolute atomic E-state index is 0.178. The van der Waals surface area contributed by atoms with Gasteiger partial charge in [-0.1, -0.05) is 23.7 Å². The molecule has 18 heavy (non-hydrogen) atoms. The van der Waals surface area contributed by atoms with Crippen LogP contribution in [0.15, 0.2) is 24.3 Å². The van der Waals surface area contributed by atoms with Crippen molar-refractivity contribution in [2.45, 2.75) is 25.8 Å². The maximum atomic E-state index is 10.9. The first-order chi connectivity index (χ1) is 8.63. The Morgan fingerprint density at radius 2 is 2.11 bits per heavy atom. The molecule has 2 rings (SSSR count). The lowest BCUT2D eigenvalue weighted by Gasteiger charge is -2.31. The highest BCUT2D eigenvalue weighted by molar-refractivity contribution is 6.30. The van der Waals surface area contributed by atoms with E-state index in [1.165, 1.54) is 5.56 Å². The molecule has 0 aliphatic carbocycles. The highest BCUT2D eigenvalue weighted by Gasteiger charge is 2.20. The molecule has 0 bridgehead atoms. The van der Waals surface area contributed by atoms with E-state index in [9.17, 15) is 4.79 Å². The molecule has 1 aromatic carbocycles. The summed E-state index contributed by atoms with van der Waals surface area (Å²) >= 11 is 5.97. The molecule has 1 fully saturated rings. The summed E-state index contributed by atoms with van der Waals surface area (Å²) < 4.78 is 0. The first-order valence-corrected chi connectivity index (χ1v) is 6.76. The summed E-state index contributed by atoms with van der Waals surface area (Å²) in [6, 6.07) is 7.99. The van der Waals surface area contributed by atoms with Crippen molar-refractivity contribution in [2.24, 2.45) is 11.7 Å². The van der Waals surface area contributed by atoms with Crippen molar-refractivity contribution in [2.75, 3.05) is 13.1 Å². The monoisotopic (exact) mass is 266 g/mol. The molecule has 0 radical (unpaired) electrons. The second-order valence-electron chi connectivity index (χ2n) is 5.02. The lowest BCUT2D eigenvalue weighted by molar-refractivity contribution is -0.119. The first-order valence-electron chi connectivity index (χ1n) is 6.38. The molecule has 1 aromatic rings. The van der Waals surface area contributed by atoms with Crippen molar-refractivity contribution in [3.8, 4) is 0 Å². The molecule has 1 saturated heterocycles. The molecule has 3 nitrogen and oxygen atoms in total. The predicted molar refractivity (Wildman–Crippen MR) is 73.3 cm³/mol. The number of amides is 1. The summed E-state index contributed by atoms with van der Waals surface area (Å²) in [5, 5.41) is 0.788. The first kappa shape index (κ1) is 13.4. The van der Waals surface area contributed by atoms with E-state index in [-0.39, 0.29) is 5.91 Å². The molecular weight excluding hydrogens is 248 g/mol. The van der Waals surface area contributed by atoms with Gasteiger partial charge < -0.3 is 5.73 Å². The fourth-order valence-corrected chi connectivity index (χ4v) is 2.74. The van der Waals surface area contributed by atoms with Crippen molar-refractivity contribution in [1.82, 2.24) is 4.90 Å². The van der Waals surface area contributed by atoms with Crippen LogP contribution in [0.25, 0.3) is 0 Å². The number of rotatable bonds is 4. The number of carbonyl (C=O) groups excluding carboxylic acids is 1. The number of nitrogens with zero attached hydrogens (tertiary/aromatic N) is 1. The number of piperidine rings is 1. The normalized spacial score (nSPS) is 17.8. The molecule has 0 atom stereocenters. The second kappa shape index (κ2) is 6.21. The third-order valence-corrected chi connectivity index (χ3v) is 3.73. The van der Waals surface area contributed by atoms with Gasteiger partial charge in [0.05, 0.1) is 0 Å². The summed E-state index contributed by atoms with van der Waals surface area (Å²) in [4.78, 5) is 13.3. The maximum Gasteiger partial charge on any atom is 0.217 e. The lowest BCUT2D eigenvalue weighted by atomic mass is 9.93. The van der Waals surface area contributed by atoms with Crippen molar-refractivity contribution >= 4 is 17.5 Å². The van der Waals surface area contributed by atoms with Gasteiger partial charge in [0.15, 0.2) is 0 Å². The van der Waals surface area contributed by atoms with E-state index in [0.29, 0.717) is 12.3 Å². The topological polar surface area (TPSA) is 46.3 Å². The summed E-state index contributed by atoms with van der Waals surface area (Å²) in [5.41, 5.74) is 6.48. The molecule has 0 saturated carbocycles. The Hall–Kier alpha value is -1.06. The van der Waals surface area contributed by atoms with Crippen LogP contribution in [-0.2, 0) is 11.3 Å². The van der Waals surface area contributed by atoms with Gasteiger partial charge in [-0.15, -0.1) is 0 Å². The number of hydrogen-bond acceptors (Lipinski definition) is 2. The Labute approximate surface area is 113 Å². The van der Waals surface area contributed by atoms with Gasteiger partial charge in [-0.25, -0.2) is 0 Å². The van der Waals surface area contributed by atoms with Crippen LogP contribution < -0.4 is 5.73 Å². The fraction of sp³-hybridized carbons (Fsp3) is 0.500. The molecule has 2 N–H and O–H groups in total. The van der Waals surface area contributed by atoms with Crippen LogP contribution in [0.2, 0.25) is 5.02 Å². The Bertz CT molecular complexity index is 414. The fourth-order valence-electron chi connectivity index (χ4n) is 2.53. The molecule has 98 valence electrons. The highest BCUT2D eigenvalue weighted by Crippen LogP contribution is 2.22. The van der Waals surface area contributed by atoms with Crippen LogP contribution in [0.1, 0.15) is 24.8 Å². The molecule has 0 unspecified atom stereocenters. The van der Waals surface area contributed by atoms with Crippen molar-refractivity contribution in [3.63, 3.8) is 0 Å². The third-order valence-electron chi connectivity index (χ3n) is 3.49. The van der Waals surface area contributed by atoms with Crippen molar-refractivity contribution < 1.29 is 4.79 Å². The average Bonchev–Trinajstić information content (AvgIpc) is 2.31. The number of likely N-dealkylation sites (tertiary alicyclic amines) is 1. The SMILES string of the molecule is NC(=O)CC1CCN(Cc2cccc(Cl)c2)CC1. The van der Waals surface area contributed by atoms with E-state index in [2.05, 4.69) is 11.0 Å². The zero-order valence-electron chi connectivity index (χ0n) is 10.4. The number of primary amides is 1. The van der Waals surface area contributed by atoms with E-state index in [1.54, 1.807) is 0 Å². The van der Waals surface area contributed by atoms with Gasteiger partial charge in [-0.3, -0.25) is 9.69 Å². The Morgan fingerprint density at radius 3 is 2.72 bits per heavy atom. The minimum Gasteiger partial charge on any atom is -0.370 e. The quantitative estimate of drug-likeness (QED) is 0.910. The van der Waals surface area contributed by atoms with Crippen LogP contribution in [-0.4, -0.2) is 23.9 Å². The van der Waals surface area contributed by atoms with E-state index in [4.69, 9.17) is 17.3 Å². The van der Waals surface area contributed by atoms with E-state index in [1.807, 2.05) is 18.2 Å². The van der Waals surface area contributed by atoms with Gasteiger partial charge in [0, 0.05) is 18.0 Å². The van der Waals surface area contributed by atoms with E-state index < -0.39 is 0 Å². The molecule has 4 heteroatoms. The van der Waals surface area contributed by atoms with Gasteiger partial charge in [0.25, 0.3) is 0 Å². The van der Waals surface area contributed by atoms with Crippen molar-refractivity contribution in [1.29, 1.82) is 0 Å². The average molecular weight is 267 g/mol. The zero-order valence-corrected chi connectivity index (χ0v) is 11.2. The molecule has 1 aliphatic rings. The Kier molecular flexibility index (Phi) is 4.61. The Balaban J connectivity index is 1.81. The summed E-state index contributed by atoms with van der Waals surface area (Å²) in [6.45, 7) is 3.00. The summed E-state index contributed by atoms with van der Waals surface area (Å²) in [6.07, 6.45) is 2.65. The smallest absolute Gasteiger partial charge is 0.217 e. The number of hydrogen-bond donors (Lipinski definition) is 1. The molecule has 0 spiro atoms. The van der Waals surface area contributed by atoms with Crippen molar-refractivity contribution in [3.05, 3.63) is 34.9 Å². The molecule has 1 aliphatic heterocycles. The molecular formula is C14H19ClN2O. The predicted octanol–water partition coefficient (Wildman–Crippen LogP) is 2.43. The number of halogens is 1. The van der Waals surface area contributed by atoms with Gasteiger partial charge in [-0.2, -0.15) is 0 Å². The van der Waals surface area contributed by atoms with Crippen LogP contribution in [0.3, 0.4) is 0 Å². The van der Waals surface area contributed by atoms with E-state index >= 15 is 0 Å². The summed E-state index contributed by atoms with van der Waals surface area (Å²) in [7, 11) is 0. The molecule has 0 aromatic heterocycles. The van der Waals surface area contributed by atoms with Crippen LogP contribution in [0.4, 0.5) is 0 Å². The molecule has 1 heterocycles. The highest BCUT2D eigenvalue weighted by atomic mass is 35.5. The number of benzene rings is 1. The van der Waals surface area contributed by atoms with Crippen LogP contribution in [0.5, 0.6) is 0 Å². The number of nitrogens with two attached hydrogens (primary N) is 1. The second-order valence-corrected chi connectivity index (χ2v) is 5.46. The maximum absolute atomic E-state index is 10.9. The van der Waals surface area contributed by atoms with Gasteiger partial charge >= 0.3 is 0 Å². The van der Waals surface area contributed by atoms with Gasteiger partial charge in [0.2, 0.25) is 5.91 Å². The van der Waals surface area contributed by atoms with Gasteiger partial charge in [0.1, 0.15) is 0 Å². The van der Waals surface area contributed by atoms with Gasteiger partial charge in [-0.05, 0) is 49.5 Å². The van der Waals surface area contributed by atoms with Crippen LogP contribution >= 0.6 is 11.6 Å². The zero-order chi connectivity index (χ0) is 13.0. The van der Waals surface area contributed by atoms with Crippen LogP contribution in [0, 0.1) is 5.92 Å². The summed E-state index contributed by atoms with van der Waals surface area (Å²) in [5.74, 6) is 0.293. The third kappa shape index (κ3) is 4.00. The Morgan fingerprint density at radius 1 is 1.39 bits per heavy atom. The standard InChI is InChI=1S/C14H19ClN2O/c15-13-3-1-2-12(8-13)10-17-6-4-11(5-7-17)9-14(16)18/h1-3,8,11H,4-7,9-10H2,(H2,16,18). The lowest BCUT2D eigenvalue weighted by Crippen LogP contribution is -2.34. The minimum atomic E-state index is -0.178. The molecule has 1 amide bonds.